The molecule has 0 aliphatic heterocycles. The SMILES string of the molecule is CCCc1nc(Cl)cc(NC(C)c2ccc(C)cc2)n1. The quantitative estimate of drug-likeness (QED) is 0.820. The Hall–Kier alpha value is -1.61. The van der Waals surface area contributed by atoms with E-state index in [0.29, 0.717) is 5.15 Å². The van der Waals surface area contributed by atoms with Crippen LogP contribution in [0.1, 0.15) is 43.3 Å². The molecule has 0 saturated heterocycles. The molecular weight excluding hydrogens is 270 g/mol. The van der Waals surface area contributed by atoms with Crippen LogP contribution < -0.4 is 5.32 Å². The zero-order valence-corrected chi connectivity index (χ0v) is 12.9. The highest BCUT2D eigenvalue weighted by atomic mass is 35.5. The van der Waals surface area contributed by atoms with E-state index in [9.17, 15) is 0 Å². The molecule has 0 bridgehead atoms. The van der Waals surface area contributed by atoms with E-state index in [1.807, 2.05) is 0 Å². The van der Waals surface area contributed by atoms with Crippen molar-refractivity contribution in [2.75, 3.05) is 5.32 Å². The number of benzene rings is 1. The molecule has 2 aromatic rings. The Kier molecular flexibility index (Phi) is 4.96. The molecule has 0 saturated carbocycles. The van der Waals surface area contributed by atoms with E-state index in [-0.39, 0.29) is 6.04 Å². The minimum atomic E-state index is 0.177. The molecule has 20 heavy (non-hydrogen) atoms. The Morgan fingerprint density at radius 2 is 1.90 bits per heavy atom. The Balaban J connectivity index is 2.14. The topological polar surface area (TPSA) is 37.8 Å². The van der Waals surface area contributed by atoms with Crippen LogP contribution >= 0.6 is 11.6 Å². The van der Waals surface area contributed by atoms with Crippen molar-refractivity contribution in [3.05, 3.63) is 52.4 Å². The van der Waals surface area contributed by atoms with Crippen LogP contribution in [0.2, 0.25) is 5.15 Å². The lowest BCUT2D eigenvalue weighted by Gasteiger charge is -2.16. The van der Waals surface area contributed by atoms with Gasteiger partial charge in [0.05, 0.1) is 0 Å². The molecule has 106 valence electrons. The second-order valence-electron chi connectivity index (χ2n) is 5.02. The van der Waals surface area contributed by atoms with Crippen molar-refractivity contribution in [3.8, 4) is 0 Å². The molecule has 0 aliphatic carbocycles. The third-order valence-electron chi connectivity index (χ3n) is 3.16. The molecule has 0 radical (unpaired) electrons. The van der Waals surface area contributed by atoms with Crippen LogP contribution in [0.5, 0.6) is 0 Å². The van der Waals surface area contributed by atoms with Gasteiger partial charge in [0, 0.05) is 18.5 Å². The zero-order valence-electron chi connectivity index (χ0n) is 12.2. The monoisotopic (exact) mass is 289 g/mol. The number of aryl methyl sites for hydroxylation is 2. The van der Waals surface area contributed by atoms with Gasteiger partial charge in [-0.15, -0.1) is 0 Å². The van der Waals surface area contributed by atoms with Gasteiger partial charge in [-0.25, -0.2) is 9.97 Å². The Bertz CT molecular complexity index is 566. The van der Waals surface area contributed by atoms with E-state index in [1.54, 1.807) is 6.07 Å². The van der Waals surface area contributed by atoms with Crippen molar-refractivity contribution in [1.82, 2.24) is 9.97 Å². The second-order valence-corrected chi connectivity index (χ2v) is 5.41. The number of halogens is 1. The zero-order chi connectivity index (χ0) is 14.5. The van der Waals surface area contributed by atoms with Gasteiger partial charge in [0.2, 0.25) is 0 Å². The van der Waals surface area contributed by atoms with Crippen LogP contribution in [0, 0.1) is 6.92 Å². The molecule has 4 heteroatoms. The summed E-state index contributed by atoms with van der Waals surface area (Å²) in [5, 5.41) is 3.87. The lowest BCUT2D eigenvalue weighted by Crippen LogP contribution is -2.09. The summed E-state index contributed by atoms with van der Waals surface area (Å²) in [5.41, 5.74) is 2.48. The molecule has 1 heterocycles. The van der Waals surface area contributed by atoms with Crippen molar-refractivity contribution in [2.24, 2.45) is 0 Å². The maximum Gasteiger partial charge on any atom is 0.134 e. The van der Waals surface area contributed by atoms with E-state index < -0.39 is 0 Å². The van der Waals surface area contributed by atoms with Gasteiger partial charge in [-0.05, 0) is 25.8 Å². The van der Waals surface area contributed by atoms with Crippen LogP contribution in [-0.2, 0) is 6.42 Å². The summed E-state index contributed by atoms with van der Waals surface area (Å²) >= 11 is 6.04. The van der Waals surface area contributed by atoms with Crippen molar-refractivity contribution in [3.63, 3.8) is 0 Å². The normalized spacial score (nSPS) is 12.2. The first-order chi connectivity index (χ1) is 9.58. The van der Waals surface area contributed by atoms with Crippen LogP contribution in [0.15, 0.2) is 30.3 Å². The minimum absolute atomic E-state index is 0.177. The maximum absolute atomic E-state index is 6.04. The van der Waals surface area contributed by atoms with Gasteiger partial charge in [0.25, 0.3) is 0 Å². The highest BCUT2D eigenvalue weighted by Crippen LogP contribution is 2.20. The molecule has 1 unspecified atom stereocenters. The van der Waals surface area contributed by atoms with Gasteiger partial charge < -0.3 is 5.32 Å². The first kappa shape index (κ1) is 14.8. The lowest BCUT2D eigenvalue weighted by atomic mass is 10.1. The van der Waals surface area contributed by atoms with Crippen LogP contribution in [0.25, 0.3) is 0 Å². The number of nitrogens with one attached hydrogen (secondary N) is 1. The summed E-state index contributed by atoms with van der Waals surface area (Å²) < 4.78 is 0. The Labute approximate surface area is 125 Å². The summed E-state index contributed by atoms with van der Waals surface area (Å²) in [4.78, 5) is 8.73. The van der Waals surface area contributed by atoms with E-state index in [2.05, 4.69) is 60.3 Å². The molecular formula is C16H20ClN3. The van der Waals surface area contributed by atoms with Crippen molar-refractivity contribution < 1.29 is 0 Å². The van der Waals surface area contributed by atoms with Gasteiger partial charge >= 0.3 is 0 Å². The molecule has 0 spiro atoms. The Morgan fingerprint density at radius 1 is 1.20 bits per heavy atom. The van der Waals surface area contributed by atoms with Gasteiger partial charge in [0.1, 0.15) is 16.8 Å². The summed E-state index contributed by atoms with van der Waals surface area (Å²) in [6.07, 6.45) is 1.85. The largest absolute Gasteiger partial charge is 0.363 e. The number of aromatic nitrogens is 2. The first-order valence-electron chi connectivity index (χ1n) is 6.95. The summed E-state index contributed by atoms with van der Waals surface area (Å²) in [6, 6.07) is 10.4. The van der Waals surface area contributed by atoms with Crippen LogP contribution in [0.3, 0.4) is 0 Å². The standard InChI is InChI=1S/C16H20ClN3/c1-4-5-15-19-14(17)10-16(20-15)18-12(3)13-8-6-11(2)7-9-13/h6-10,12H,4-5H2,1-3H3,(H,18,19,20). The van der Waals surface area contributed by atoms with Crippen molar-refractivity contribution in [2.45, 2.75) is 39.7 Å². The van der Waals surface area contributed by atoms with Gasteiger partial charge in [-0.1, -0.05) is 48.4 Å². The molecule has 0 amide bonds. The number of hydrogen-bond donors (Lipinski definition) is 1. The van der Waals surface area contributed by atoms with Crippen LogP contribution in [-0.4, -0.2) is 9.97 Å². The van der Waals surface area contributed by atoms with E-state index in [0.717, 1.165) is 24.5 Å². The summed E-state index contributed by atoms with van der Waals surface area (Å²) in [5.74, 6) is 1.57. The number of nitrogens with zero attached hydrogens (tertiary/aromatic N) is 2. The summed E-state index contributed by atoms with van der Waals surface area (Å²) in [6.45, 7) is 6.30. The average molecular weight is 290 g/mol. The molecule has 2 rings (SSSR count). The van der Waals surface area contributed by atoms with Gasteiger partial charge in [-0.2, -0.15) is 0 Å². The summed E-state index contributed by atoms with van der Waals surface area (Å²) in [7, 11) is 0. The molecule has 1 N–H and O–H groups in total. The molecule has 0 aliphatic rings. The fourth-order valence-corrected chi connectivity index (χ4v) is 2.24. The number of anilines is 1. The third-order valence-corrected chi connectivity index (χ3v) is 3.35. The van der Waals surface area contributed by atoms with Crippen molar-refractivity contribution >= 4 is 17.4 Å². The van der Waals surface area contributed by atoms with Crippen LogP contribution in [0.4, 0.5) is 5.82 Å². The number of hydrogen-bond acceptors (Lipinski definition) is 3. The minimum Gasteiger partial charge on any atom is -0.363 e. The number of rotatable bonds is 5. The average Bonchev–Trinajstić information content (AvgIpc) is 2.39. The lowest BCUT2D eigenvalue weighted by molar-refractivity contribution is 0.819. The van der Waals surface area contributed by atoms with Crippen molar-refractivity contribution in [1.29, 1.82) is 0 Å². The van der Waals surface area contributed by atoms with E-state index >= 15 is 0 Å². The molecule has 0 fully saturated rings. The fourth-order valence-electron chi connectivity index (χ4n) is 2.03. The smallest absolute Gasteiger partial charge is 0.134 e. The molecule has 1 aromatic carbocycles. The highest BCUT2D eigenvalue weighted by molar-refractivity contribution is 6.29. The van der Waals surface area contributed by atoms with E-state index in [4.69, 9.17) is 11.6 Å². The highest BCUT2D eigenvalue weighted by Gasteiger charge is 2.08. The molecule has 1 atom stereocenters. The maximum atomic E-state index is 6.04. The molecule has 1 aromatic heterocycles. The first-order valence-corrected chi connectivity index (χ1v) is 7.33. The third kappa shape index (κ3) is 3.94. The fraction of sp³-hybridized carbons (Fsp3) is 0.375. The van der Waals surface area contributed by atoms with E-state index in [1.165, 1.54) is 11.1 Å². The van der Waals surface area contributed by atoms with Gasteiger partial charge in [0.15, 0.2) is 0 Å². The second kappa shape index (κ2) is 6.71. The predicted molar refractivity (Wildman–Crippen MR) is 84.3 cm³/mol. The van der Waals surface area contributed by atoms with Gasteiger partial charge in [-0.3, -0.25) is 0 Å². The Morgan fingerprint density at radius 3 is 2.55 bits per heavy atom. The molecule has 3 nitrogen and oxygen atoms in total. The predicted octanol–water partition coefficient (Wildman–Crippen LogP) is 4.56.